The van der Waals surface area contributed by atoms with Gasteiger partial charge < -0.3 is 19.1 Å². The van der Waals surface area contributed by atoms with E-state index in [9.17, 15) is 14.7 Å². The molecule has 0 saturated heterocycles. The number of hydrogen-bond acceptors (Lipinski definition) is 9. The van der Waals surface area contributed by atoms with Crippen LogP contribution in [0.15, 0.2) is 63.7 Å². The van der Waals surface area contributed by atoms with Crippen molar-refractivity contribution in [1.82, 2.24) is 5.27 Å². The van der Waals surface area contributed by atoms with Crippen molar-refractivity contribution in [3.63, 3.8) is 0 Å². The standard InChI is InChI=1S/C23H20N4O6S/c1-26-20(22(30)33-25-26)17(28)13-34-23-24-16(21(29)27(23)15-7-5-4-6-8-15)11-14-9-10-18(31-2)19(12-14)32-3/h4-12H,13H2,1-3H3/b16-11+. The Morgan fingerprint density at radius 2 is 1.91 bits per heavy atom. The van der Waals surface area contributed by atoms with Gasteiger partial charge in [0.25, 0.3) is 11.6 Å². The molecule has 0 atom stereocenters. The average Bonchev–Trinajstić information content (AvgIpc) is 3.35. The third kappa shape index (κ3) is 4.50. The summed E-state index contributed by atoms with van der Waals surface area (Å²) < 4.78 is 16.2. The Morgan fingerprint density at radius 3 is 2.56 bits per heavy atom. The first kappa shape index (κ1) is 23.1. The van der Waals surface area contributed by atoms with Crippen LogP contribution in [-0.4, -0.2) is 42.1 Å². The van der Waals surface area contributed by atoms with Crippen molar-refractivity contribution in [2.45, 2.75) is 0 Å². The Balaban J connectivity index is 1.65. The minimum Gasteiger partial charge on any atom is -0.539 e. The minimum absolute atomic E-state index is 0.136. The molecule has 0 bridgehead atoms. The molecule has 0 radical (unpaired) electrons. The molecule has 1 amide bonds. The van der Waals surface area contributed by atoms with Gasteiger partial charge in [-0.05, 0) is 35.9 Å². The van der Waals surface area contributed by atoms with Crippen molar-refractivity contribution in [1.29, 1.82) is 0 Å². The highest BCUT2D eigenvalue weighted by Gasteiger charge is 2.33. The number of aromatic nitrogens is 2. The largest absolute Gasteiger partial charge is 0.539 e. The quantitative estimate of drug-likeness (QED) is 0.286. The Hall–Kier alpha value is -4.12. The second-order valence-electron chi connectivity index (χ2n) is 7.06. The van der Waals surface area contributed by atoms with E-state index in [1.54, 1.807) is 55.7 Å². The third-order valence-corrected chi connectivity index (χ3v) is 5.85. The molecule has 1 aliphatic heterocycles. The molecule has 1 aromatic heterocycles. The van der Waals surface area contributed by atoms with Gasteiger partial charge in [-0.25, -0.2) is 4.99 Å². The highest BCUT2D eigenvalue weighted by atomic mass is 32.2. The van der Waals surface area contributed by atoms with E-state index in [1.165, 1.54) is 19.1 Å². The Morgan fingerprint density at radius 1 is 1.18 bits per heavy atom. The summed E-state index contributed by atoms with van der Waals surface area (Å²) in [6.07, 6.45) is 1.63. The predicted molar refractivity (Wildman–Crippen MR) is 123 cm³/mol. The number of aryl methyl sites for hydroxylation is 1. The second-order valence-corrected chi connectivity index (χ2v) is 8.00. The van der Waals surface area contributed by atoms with E-state index < -0.39 is 11.7 Å². The number of Topliss-reactive ketones (excluding diaryl/α,β-unsaturated/α-hetero) is 1. The number of amides is 1. The summed E-state index contributed by atoms with van der Waals surface area (Å²) in [4.78, 5) is 31.8. The summed E-state index contributed by atoms with van der Waals surface area (Å²) in [7, 11) is 4.51. The van der Waals surface area contributed by atoms with Crippen LogP contribution in [0.2, 0.25) is 0 Å². The lowest BCUT2D eigenvalue weighted by molar-refractivity contribution is -0.741. The maximum atomic E-state index is 13.3. The first-order valence-corrected chi connectivity index (χ1v) is 11.0. The van der Waals surface area contributed by atoms with Gasteiger partial charge in [-0.3, -0.25) is 14.5 Å². The fourth-order valence-electron chi connectivity index (χ4n) is 3.31. The number of carbonyl (C=O) groups is 2. The van der Waals surface area contributed by atoms with Crippen LogP contribution in [0, 0.1) is 0 Å². The molecular weight excluding hydrogens is 460 g/mol. The van der Waals surface area contributed by atoms with Crippen molar-refractivity contribution in [2.75, 3.05) is 24.9 Å². The summed E-state index contributed by atoms with van der Waals surface area (Å²) in [5, 5.41) is 15.5. The zero-order valence-corrected chi connectivity index (χ0v) is 19.4. The molecule has 2 heterocycles. The SMILES string of the molecule is COc1ccc(/C=C2/N=C(SCC(=O)c3c([O-])on[n+]3C)N(c3ccccc3)C2=O)cc1OC. The van der Waals surface area contributed by atoms with E-state index in [-0.39, 0.29) is 23.1 Å². The number of carbonyl (C=O) groups excluding carboxylic acids is 2. The number of hydrogen-bond donors (Lipinski definition) is 0. The summed E-state index contributed by atoms with van der Waals surface area (Å²) in [5.41, 5.74) is 1.30. The van der Waals surface area contributed by atoms with Gasteiger partial charge >= 0.3 is 0 Å². The molecule has 34 heavy (non-hydrogen) atoms. The van der Waals surface area contributed by atoms with Crippen LogP contribution in [0.3, 0.4) is 0 Å². The zero-order valence-electron chi connectivity index (χ0n) is 18.5. The Bertz CT molecular complexity index is 1280. The molecule has 0 N–H and O–H groups in total. The topological polar surface area (TPSA) is 121 Å². The van der Waals surface area contributed by atoms with Crippen molar-refractivity contribution >= 4 is 40.4 Å². The number of ketones is 1. The van der Waals surface area contributed by atoms with Crippen LogP contribution in [-0.2, 0) is 11.8 Å². The van der Waals surface area contributed by atoms with Crippen LogP contribution < -0.4 is 24.2 Å². The fourth-order valence-corrected chi connectivity index (χ4v) is 4.18. The molecule has 3 aromatic rings. The van der Waals surface area contributed by atoms with Crippen LogP contribution in [0.25, 0.3) is 6.08 Å². The lowest BCUT2D eigenvalue weighted by Gasteiger charge is -2.17. The molecule has 174 valence electrons. The number of amidine groups is 1. The van der Waals surface area contributed by atoms with Gasteiger partial charge in [0.1, 0.15) is 5.70 Å². The Kier molecular flexibility index (Phi) is 6.64. The first-order chi connectivity index (χ1) is 16.4. The lowest BCUT2D eigenvalue weighted by atomic mass is 10.1. The maximum Gasteiger partial charge on any atom is 0.300 e. The van der Waals surface area contributed by atoms with Gasteiger partial charge in [0.2, 0.25) is 5.78 Å². The van der Waals surface area contributed by atoms with Crippen molar-refractivity contribution < 1.29 is 33.4 Å². The normalized spacial score (nSPS) is 14.4. The van der Waals surface area contributed by atoms with Gasteiger partial charge in [-0.2, -0.15) is 0 Å². The highest BCUT2D eigenvalue weighted by Crippen LogP contribution is 2.32. The molecule has 0 spiro atoms. The first-order valence-electron chi connectivity index (χ1n) is 10.0. The maximum absolute atomic E-state index is 13.3. The van der Waals surface area contributed by atoms with E-state index in [1.807, 2.05) is 6.07 Å². The van der Waals surface area contributed by atoms with Crippen LogP contribution >= 0.6 is 11.8 Å². The zero-order chi connectivity index (χ0) is 24.2. The summed E-state index contributed by atoms with van der Waals surface area (Å²) in [6, 6.07) is 14.2. The average molecular weight is 481 g/mol. The van der Waals surface area contributed by atoms with Crippen molar-refractivity contribution in [2.24, 2.45) is 12.0 Å². The molecule has 1 aliphatic rings. The van der Waals surface area contributed by atoms with E-state index in [2.05, 4.69) is 14.8 Å². The molecule has 10 nitrogen and oxygen atoms in total. The molecule has 0 aliphatic carbocycles. The molecule has 0 saturated carbocycles. The van der Waals surface area contributed by atoms with Crippen LogP contribution in [0.1, 0.15) is 16.1 Å². The van der Waals surface area contributed by atoms with Crippen LogP contribution in [0.5, 0.6) is 17.4 Å². The van der Waals surface area contributed by atoms with Crippen molar-refractivity contribution in [3.8, 4) is 17.4 Å². The lowest BCUT2D eigenvalue weighted by Crippen LogP contribution is -2.38. The molecule has 2 aromatic carbocycles. The molecule has 0 unspecified atom stereocenters. The summed E-state index contributed by atoms with van der Waals surface area (Å²) in [6.45, 7) is 0. The number of para-hydroxylation sites is 1. The summed E-state index contributed by atoms with van der Waals surface area (Å²) in [5.74, 6) is -0.710. The van der Waals surface area contributed by atoms with Gasteiger partial charge in [-0.1, -0.05) is 40.7 Å². The number of ether oxygens (including phenoxy) is 2. The summed E-state index contributed by atoms with van der Waals surface area (Å²) >= 11 is 1.04. The second kappa shape index (κ2) is 9.79. The van der Waals surface area contributed by atoms with E-state index in [0.29, 0.717) is 27.9 Å². The molecular formula is C23H20N4O6S. The monoisotopic (exact) mass is 480 g/mol. The van der Waals surface area contributed by atoms with E-state index in [0.717, 1.165) is 16.4 Å². The highest BCUT2D eigenvalue weighted by molar-refractivity contribution is 8.14. The minimum atomic E-state index is -0.813. The molecule has 11 heteroatoms. The van der Waals surface area contributed by atoms with Crippen molar-refractivity contribution in [3.05, 3.63) is 65.5 Å². The van der Waals surface area contributed by atoms with Gasteiger partial charge in [0, 0.05) is 0 Å². The van der Waals surface area contributed by atoms with Gasteiger partial charge in [0.15, 0.2) is 29.7 Å². The number of methoxy groups -OCH3 is 2. The fraction of sp³-hybridized carbons (Fsp3) is 0.174. The van der Waals surface area contributed by atoms with Gasteiger partial charge in [0.05, 0.1) is 30.9 Å². The van der Waals surface area contributed by atoms with Crippen LogP contribution in [0.4, 0.5) is 5.69 Å². The number of benzene rings is 2. The Labute approximate surface area is 199 Å². The van der Waals surface area contributed by atoms with Gasteiger partial charge in [-0.15, -0.1) is 0 Å². The third-order valence-electron chi connectivity index (χ3n) is 4.91. The number of thioether (sulfide) groups is 1. The predicted octanol–water partition coefficient (Wildman–Crippen LogP) is 1.95. The molecule has 0 fully saturated rings. The number of anilines is 1. The number of aliphatic imine (C=N–C) groups is 1. The van der Waals surface area contributed by atoms with E-state index >= 15 is 0 Å². The molecule has 4 rings (SSSR count). The number of nitrogens with zero attached hydrogens (tertiary/aromatic N) is 4. The van der Waals surface area contributed by atoms with E-state index in [4.69, 9.17) is 9.47 Å². The smallest absolute Gasteiger partial charge is 0.300 e. The number of rotatable bonds is 7.